The van der Waals surface area contributed by atoms with E-state index < -0.39 is 0 Å². The van der Waals surface area contributed by atoms with E-state index in [0.717, 1.165) is 0 Å². The number of carbonyl (C=O) groups is 1. The van der Waals surface area contributed by atoms with Crippen LogP contribution in [0.3, 0.4) is 0 Å². The van der Waals surface area contributed by atoms with Crippen LogP contribution in [0, 0.1) is 5.92 Å². The van der Waals surface area contributed by atoms with Crippen LogP contribution >= 0.6 is 0 Å². The minimum Gasteiger partial charge on any atom is -0.383 e. The van der Waals surface area contributed by atoms with E-state index in [4.69, 9.17) is 10.5 Å². The van der Waals surface area contributed by atoms with Gasteiger partial charge in [-0.2, -0.15) is 0 Å². The van der Waals surface area contributed by atoms with Gasteiger partial charge in [0.15, 0.2) is 0 Å². The van der Waals surface area contributed by atoms with Crippen LogP contribution in [0.1, 0.15) is 19.3 Å². The van der Waals surface area contributed by atoms with E-state index in [2.05, 4.69) is 5.32 Å². The van der Waals surface area contributed by atoms with Crippen LogP contribution in [0.25, 0.3) is 0 Å². The molecule has 0 radical (unpaired) electrons. The molecular formula is C9H18N2O2. The number of carbonyl (C=O) groups excluding carboxylic acids is 1. The lowest BCUT2D eigenvalue weighted by Gasteiger charge is -2.09. The highest BCUT2D eigenvalue weighted by molar-refractivity contribution is 5.76. The van der Waals surface area contributed by atoms with Gasteiger partial charge >= 0.3 is 0 Å². The lowest BCUT2D eigenvalue weighted by Crippen LogP contribution is -2.34. The van der Waals surface area contributed by atoms with Crippen molar-refractivity contribution in [3.63, 3.8) is 0 Å². The monoisotopic (exact) mass is 186 g/mol. The third kappa shape index (κ3) is 4.24. The largest absolute Gasteiger partial charge is 0.383 e. The molecule has 1 unspecified atom stereocenters. The van der Waals surface area contributed by atoms with Crippen LogP contribution in [0.5, 0.6) is 0 Å². The molecule has 0 aromatic carbocycles. The van der Waals surface area contributed by atoms with Crippen molar-refractivity contribution >= 4 is 5.91 Å². The zero-order valence-corrected chi connectivity index (χ0v) is 8.08. The van der Waals surface area contributed by atoms with E-state index in [9.17, 15) is 4.79 Å². The standard InChI is InChI=1S/C9H18N2O2/c1-13-5-4-11-9(12)6-8(10)7-2-3-7/h7-8H,2-6,10H2,1H3,(H,11,12). The molecule has 0 bridgehead atoms. The third-order valence-corrected chi connectivity index (χ3v) is 2.28. The summed E-state index contributed by atoms with van der Waals surface area (Å²) in [6.45, 7) is 1.14. The van der Waals surface area contributed by atoms with Crippen LogP contribution in [0.15, 0.2) is 0 Å². The van der Waals surface area contributed by atoms with Gasteiger partial charge in [0.1, 0.15) is 0 Å². The first-order valence-corrected chi connectivity index (χ1v) is 4.75. The van der Waals surface area contributed by atoms with Gasteiger partial charge in [-0.3, -0.25) is 4.79 Å². The summed E-state index contributed by atoms with van der Waals surface area (Å²) < 4.78 is 4.81. The van der Waals surface area contributed by atoms with E-state index in [1.807, 2.05) is 0 Å². The molecule has 13 heavy (non-hydrogen) atoms. The smallest absolute Gasteiger partial charge is 0.221 e. The summed E-state index contributed by atoms with van der Waals surface area (Å²) in [4.78, 5) is 11.2. The molecule has 76 valence electrons. The minimum absolute atomic E-state index is 0.0384. The Hall–Kier alpha value is -0.610. The van der Waals surface area contributed by atoms with Crippen LogP contribution < -0.4 is 11.1 Å². The normalized spacial score (nSPS) is 18.3. The molecule has 1 fully saturated rings. The van der Waals surface area contributed by atoms with E-state index in [1.165, 1.54) is 12.8 Å². The van der Waals surface area contributed by atoms with Gasteiger partial charge in [0.2, 0.25) is 5.91 Å². The van der Waals surface area contributed by atoms with Crippen LogP contribution in [0.4, 0.5) is 0 Å². The first-order valence-electron chi connectivity index (χ1n) is 4.75. The number of nitrogens with two attached hydrogens (primary N) is 1. The van der Waals surface area contributed by atoms with Crippen LogP contribution in [-0.4, -0.2) is 32.2 Å². The van der Waals surface area contributed by atoms with E-state index >= 15 is 0 Å². The SMILES string of the molecule is COCCNC(=O)CC(N)C1CC1. The van der Waals surface area contributed by atoms with Crippen molar-refractivity contribution in [3.8, 4) is 0 Å². The van der Waals surface area contributed by atoms with E-state index in [-0.39, 0.29) is 11.9 Å². The first-order chi connectivity index (χ1) is 6.24. The second-order valence-electron chi connectivity index (χ2n) is 3.55. The Kier molecular flexibility index (Phi) is 4.18. The maximum Gasteiger partial charge on any atom is 0.221 e. The molecule has 1 saturated carbocycles. The highest BCUT2D eigenvalue weighted by Crippen LogP contribution is 2.32. The Morgan fingerprint density at radius 2 is 2.38 bits per heavy atom. The Morgan fingerprint density at radius 1 is 1.69 bits per heavy atom. The van der Waals surface area contributed by atoms with Gasteiger partial charge in [-0.15, -0.1) is 0 Å². The molecule has 1 aliphatic rings. The quantitative estimate of drug-likeness (QED) is 0.568. The number of hydrogen-bond acceptors (Lipinski definition) is 3. The molecule has 1 rings (SSSR count). The van der Waals surface area contributed by atoms with Gasteiger partial charge in [0.25, 0.3) is 0 Å². The molecule has 0 saturated heterocycles. The van der Waals surface area contributed by atoms with Gasteiger partial charge < -0.3 is 15.8 Å². The fourth-order valence-electron chi connectivity index (χ4n) is 1.27. The molecule has 1 aliphatic carbocycles. The van der Waals surface area contributed by atoms with Gasteiger partial charge in [-0.05, 0) is 18.8 Å². The summed E-state index contributed by atoms with van der Waals surface area (Å²) in [6.07, 6.45) is 2.83. The van der Waals surface area contributed by atoms with Crippen molar-refractivity contribution in [2.24, 2.45) is 11.7 Å². The molecule has 0 heterocycles. The summed E-state index contributed by atoms with van der Waals surface area (Å²) in [6, 6.07) is 0.0579. The number of nitrogens with one attached hydrogen (secondary N) is 1. The molecule has 0 aromatic rings. The van der Waals surface area contributed by atoms with Gasteiger partial charge in [-0.1, -0.05) is 0 Å². The van der Waals surface area contributed by atoms with Crippen molar-refractivity contribution in [1.82, 2.24) is 5.32 Å². The third-order valence-electron chi connectivity index (χ3n) is 2.28. The maximum atomic E-state index is 11.2. The van der Waals surface area contributed by atoms with E-state index in [0.29, 0.717) is 25.5 Å². The highest BCUT2D eigenvalue weighted by atomic mass is 16.5. The summed E-state index contributed by atoms with van der Waals surface area (Å²) in [5.41, 5.74) is 5.79. The number of methoxy groups -OCH3 is 1. The number of rotatable bonds is 6. The van der Waals surface area contributed by atoms with Crippen molar-refractivity contribution in [2.45, 2.75) is 25.3 Å². The fourth-order valence-corrected chi connectivity index (χ4v) is 1.27. The predicted octanol–water partition coefficient (Wildman–Crippen LogP) is -0.124. The molecule has 4 heteroatoms. The highest BCUT2D eigenvalue weighted by Gasteiger charge is 2.29. The number of ether oxygens (including phenoxy) is 1. The summed E-state index contributed by atoms with van der Waals surface area (Å²) in [5.74, 6) is 0.629. The van der Waals surface area contributed by atoms with Gasteiger partial charge in [0.05, 0.1) is 6.61 Å². The zero-order valence-electron chi connectivity index (χ0n) is 8.08. The lowest BCUT2D eigenvalue weighted by atomic mass is 10.1. The van der Waals surface area contributed by atoms with Crippen molar-refractivity contribution in [1.29, 1.82) is 0 Å². The van der Waals surface area contributed by atoms with Crippen molar-refractivity contribution in [2.75, 3.05) is 20.3 Å². The van der Waals surface area contributed by atoms with E-state index in [1.54, 1.807) is 7.11 Å². The molecular weight excluding hydrogens is 168 g/mol. The average Bonchev–Trinajstić information content (AvgIpc) is 2.86. The topological polar surface area (TPSA) is 64.3 Å². The minimum atomic E-state index is 0.0384. The van der Waals surface area contributed by atoms with Crippen molar-refractivity contribution in [3.05, 3.63) is 0 Å². The first kappa shape index (κ1) is 10.5. The Balaban J connectivity index is 2.02. The molecule has 4 nitrogen and oxygen atoms in total. The lowest BCUT2D eigenvalue weighted by molar-refractivity contribution is -0.121. The molecule has 3 N–H and O–H groups in total. The summed E-state index contributed by atoms with van der Waals surface area (Å²) in [7, 11) is 1.61. The average molecular weight is 186 g/mol. The molecule has 1 amide bonds. The molecule has 0 aromatic heterocycles. The fraction of sp³-hybridized carbons (Fsp3) is 0.889. The Morgan fingerprint density at radius 3 is 2.92 bits per heavy atom. The number of amides is 1. The van der Waals surface area contributed by atoms with Crippen LogP contribution in [-0.2, 0) is 9.53 Å². The van der Waals surface area contributed by atoms with Crippen molar-refractivity contribution < 1.29 is 9.53 Å². The summed E-state index contributed by atoms with van der Waals surface area (Å²) in [5, 5.41) is 2.75. The molecule has 0 aliphatic heterocycles. The second kappa shape index (κ2) is 5.19. The molecule has 1 atom stereocenters. The van der Waals surface area contributed by atoms with Gasteiger partial charge in [0, 0.05) is 26.1 Å². The van der Waals surface area contributed by atoms with Gasteiger partial charge in [-0.25, -0.2) is 0 Å². The predicted molar refractivity (Wildman–Crippen MR) is 50.2 cm³/mol. The zero-order chi connectivity index (χ0) is 9.68. The Labute approximate surface area is 78.8 Å². The summed E-state index contributed by atoms with van der Waals surface area (Å²) >= 11 is 0. The van der Waals surface area contributed by atoms with Crippen LogP contribution in [0.2, 0.25) is 0 Å². The molecule has 0 spiro atoms. The Bertz CT molecular complexity index is 169. The number of hydrogen-bond donors (Lipinski definition) is 2. The maximum absolute atomic E-state index is 11.2. The second-order valence-corrected chi connectivity index (χ2v) is 3.55.